The average molecular weight is 873 g/mol. The Balaban J connectivity index is 4.56. The van der Waals surface area contributed by atoms with E-state index in [9.17, 15) is 14.4 Å². The summed E-state index contributed by atoms with van der Waals surface area (Å²) in [5.74, 6) is -1.02. The molecule has 0 aromatic carbocycles. The first-order valence-corrected chi connectivity index (χ1v) is 25.4. The topological polar surface area (TPSA) is 78.9 Å². The molecule has 0 aliphatic heterocycles. The molecule has 0 heterocycles. The molecule has 0 saturated carbocycles. The molecule has 1 unspecified atom stereocenters. The van der Waals surface area contributed by atoms with Crippen molar-refractivity contribution in [2.24, 2.45) is 0 Å². The third kappa shape index (κ3) is 49.0. The van der Waals surface area contributed by atoms with E-state index in [2.05, 4.69) is 106 Å². The van der Waals surface area contributed by atoms with E-state index in [1.807, 2.05) is 24.3 Å². The molecular weight excluding hydrogens is 781 g/mol. The molecule has 6 nitrogen and oxygen atoms in total. The Morgan fingerprint density at radius 3 is 1.24 bits per heavy atom. The molecule has 0 radical (unpaired) electrons. The molecule has 0 bridgehead atoms. The summed E-state index contributed by atoms with van der Waals surface area (Å²) in [4.78, 5) is 37.9. The van der Waals surface area contributed by atoms with E-state index < -0.39 is 6.10 Å². The minimum absolute atomic E-state index is 0.115. The second kappa shape index (κ2) is 50.7. The second-order valence-electron chi connectivity index (χ2n) is 16.4. The summed E-state index contributed by atoms with van der Waals surface area (Å²) >= 11 is 0. The highest BCUT2D eigenvalue weighted by molar-refractivity contribution is 5.71. The molecule has 356 valence electrons. The summed E-state index contributed by atoms with van der Waals surface area (Å²) in [6, 6.07) is 0. The van der Waals surface area contributed by atoms with Crippen LogP contribution in [0.15, 0.2) is 109 Å². The van der Waals surface area contributed by atoms with Gasteiger partial charge in [0.15, 0.2) is 6.10 Å². The predicted octanol–water partition coefficient (Wildman–Crippen LogP) is 16.8. The van der Waals surface area contributed by atoms with Gasteiger partial charge in [-0.1, -0.05) is 201 Å². The molecule has 0 saturated heterocycles. The molecule has 0 aliphatic carbocycles. The highest BCUT2D eigenvalue weighted by Gasteiger charge is 2.19. The van der Waals surface area contributed by atoms with Crippen molar-refractivity contribution in [3.8, 4) is 0 Å². The van der Waals surface area contributed by atoms with E-state index in [1.54, 1.807) is 0 Å². The van der Waals surface area contributed by atoms with E-state index >= 15 is 0 Å². The lowest BCUT2D eigenvalue weighted by Crippen LogP contribution is -2.30. The van der Waals surface area contributed by atoms with Crippen LogP contribution >= 0.6 is 0 Å². The lowest BCUT2D eigenvalue weighted by Gasteiger charge is -2.18. The van der Waals surface area contributed by atoms with Crippen LogP contribution in [-0.2, 0) is 28.6 Å². The van der Waals surface area contributed by atoms with Gasteiger partial charge in [-0.05, 0) is 103 Å². The summed E-state index contributed by atoms with van der Waals surface area (Å²) in [6.45, 7) is 6.36. The zero-order chi connectivity index (χ0) is 45.8. The van der Waals surface area contributed by atoms with Gasteiger partial charge in [-0.3, -0.25) is 14.4 Å². The zero-order valence-corrected chi connectivity index (χ0v) is 40.5. The molecule has 0 spiro atoms. The molecule has 0 aromatic heterocycles. The van der Waals surface area contributed by atoms with Crippen LogP contribution in [0.3, 0.4) is 0 Å². The molecule has 1 atom stereocenters. The number of rotatable bonds is 44. The number of hydrogen-bond donors (Lipinski definition) is 0. The van der Waals surface area contributed by atoms with Gasteiger partial charge < -0.3 is 14.2 Å². The van der Waals surface area contributed by atoms with Crippen molar-refractivity contribution in [3.63, 3.8) is 0 Å². The van der Waals surface area contributed by atoms with Crippen molar-refractivity contribution in [2.45, 2.75) is 219 Å². The van der Waals surface area contributed by atoms with E-state index in [4.69, 9.17) is 14.2 Å². The SMILES string of the molecule is CC\C=C/C=C\C=C/C=C\CCCCCCCC(=O)OC(COC(=O)CCC/C=C\C/C=C\C/C=C\C/C=C\CCCCC)COC(=O)CCCCC/C=C\CCCCCCCC. The number of carbonyl (C=O) groups excluding carboxylic acids is 3. The smallest absolute Gasteiger partial charge is 0.306 e. The molecule has 0 N–H and O–H groups in total. The first-order valence-electron chi connectivity index (χ1n) is 25.4. The summed E-state index contributed by atoms with van der Waals surface area (Å²) in [5.41, 5.74) is 0. The minimum atomic E-state index is -0.820. The number of esters is 3. The molecule has 0 aliphatic rings. The maximum absolute atomic E-state index is 12.8. The van der Waals surface area contributed by atoms with E-state index in [1.165, 1.54) is 64.2 Å². The number of allylic oxidation sites excluding steroid dienone is 18. The van der Waals surface area contributed by atoms with Gasteiger partial charge in [0.2, 0.25) is 0 Å². The van der Waals surface area contributed by atoms with Crippen LogP contribution in [-0.4, -0.2) is 37.2 Å². The first kappa shape index (κ1) is 59.1. The average Bonchev–Trinajstić information content (AvgIpc) is 3.28. The molecular formula is C57H92O6. The minimum Gasteiger partial charge on any atom is -0.462 e. The van der Waals surface area contributed by atoms with Crippen molar-refractivity contribution in [1.82, 2.24) is 0 Å². The number of unbranched alkanes of at least 4 members (excludes halogenated alkanes) is 18. The summed E-state index contributed by atoms with van der Waals surface area (Å²) in [5, 5.41) is 0. The van der Waals surface area contributed by atoms with Crippen LogP contribution in [0.25, 0.3) is 0 Å². The van der Waals surface area contributed by atoms with Gasteiger partial charge >= 0.3 is 17.9 Å². The number of hydrogen-bond acceptors (Lipinski definition) is 6. The summed E-state index contributed by atoms with van der Waals surface area (Å²) in [6.07, 6.45) is 67.9. The van der Waals surface area contributed by atoms with Gasteiger partial charge in [0.25, 0.3) is 0 Å². The van der Waals surface area contributed by atoms with Crippen molar-refractivity contribution < 1.29 is 28.6 Å². The maximum Gasteiger partial charge on any atom is 0.306 e. The van der Waals surface area contributed by atoms with Crippen LogP contribution in [0.4, 0.5) is 0 Å². The molecule has 63 heavy (non-hydrogen) atoms. The monoisotopic (exact) mass is 873 g/mol. The van der Waals surface area contributed by atoms with Gasteiger partial charge in [-0.2, -0.15) is 0 Å². The quantitative estimate of drug-likeness (QED) is 0.0199. The maximum atomic E-state index is 12.8. The molecule has 0 aromatic rings. The lowest BCUT2D eigenvalue weighted by molar-refractivity contribution is -0.167. The standard InChI is InChI=1S/C57H92O6/c1-4-7-10-13-16-19-22-25-27-28-30-32-35-38-41-44-47-50-56(59)62-53-54(52-61-55(58)49-46-43-40-37-34-31-24-21-18-15-12-9-6-3)63-57(60)51-48-45-42-39-36-33-29-26-23-20-17-14-11-8-5-2/h8,11,14,16-17,19-20,23,25-27,29-32,34,38,41,54H,4-7,9-10,12-13,15,18,21-22,24,28,33,35-37,39-40,42-53H2,1-3H3/b11-8-,17-14-,19-16-,23-20-,27-25-,29-26-,32-30-,34-31-,41-38-. The lowest BCUT2D eigenvalue weighted by atomic mass is 10.1. The Morgan fingerprint density at radius 2 is 0.698 bits per heavy atom. The van der Waals surface area contributed by atoms with Crippen molar-refractivity contribution in [2.75, 3.05) is 13.2 Å². The van der Waals surface area contributed by atoms with Crippen molar-refractivity contribution in [1.29, 1.82) is 0 Å². The number of ether oxygens (including phenoxy) is 3. The predicted molar refractivity (Wildman–Crippen MR) is 270 cm³/mol. The van der Waals surface area contributed by atoms with Gasteiger partial charge in [-0.15, -0.1) is 0 Å². The largest absolute Gasteiger partial charge is 0.462 e. The van der Waals surface area contributed by atoms with Crippen LogP contribution in [0.5, 0.6) is 0 Å². The fraction of sp³-hybridized carbons (Fsp3) is 0.632. The Kier molecular flexibility index (Phi) is 47.5. The van der Waals surface area contributed by atoms with Crippen molar-refractivity contribution >= 4 is 17.9 Å². The van der Waals surface area contributed by atoms with Gasteiger partial charge in [0.05, 0.1) is 0 Å². The van der Waals surface area contributed by atoms with Crippen LogP contribution in [0.1, 0.15) is 213 Å². The Hall–Kier alpha value is -3.93. The van der Waals surface area contributed by atoms with E-state index in [-0.39, 0.29) is 44.0 Å². The highest BCUT2D eigenvalue weighted by Crippen LogP contribution is 2.12. The summed E-state index contributed by atoms with van der Waals surface area (Å²) < 4.78 is 16.7. The highest BCUT2D eigenvalue weighted by atomic mass is 16.6. The fourth-order valence-corrected chi connectivity index (χ4v) is 6.50. The molecule has 6 heteroatoms. The number of carbonyl (C=O) groups is 3. The third-order valence-electron chi connectivity index (χ3n) is 10.3. The van der Waals surface area contributed by atoms with Gasteiger partial charge in [-0.25, -0.2) is 0 Å². The summed E-state index contributed by atoms with van der Waals surface area (Å²) in [7, 11) is 0. The normalized spacial score (nSPS) is 13.0. The third-order valence-corrected chi connectivity index (χ3v) is 10.3. The van der Waals surface area contributed by atoms with Crippen molar-refractivity contribution in [3.05, 3.63) is 109 Å². The van der Waals surface area contributed by atoms with Crippen LogP contribution < -0.4 is 0 Å². The van der Waals surface area contributed by atoms with E-state index in [0.717, 1.165) is 103 Å². The molecule has 0 amide bonds. The van der Waals surface area contributed by atoms with Gasteiger partial charge in [0, 0.05) is 19.3 Å². The Morgan fingerprint density at radius 1 is 0.349 bits per heavy atom. The fourth-order valence-electron chi connectivity index (χ4n) is 6.50. The van der Waals surface area contributed by atoms with Crippen LogP contribution in [0.2, 0.25) is 0 Å². The Bertz CT molecular complexity index is 1330. The second-order valence-corrected chi connectivity index (χ2v) is 16.4. The molecule has 0 fully saturated rings. The Labute approximate surface area is 387 Å². The van der Waals surface area contributed by atoms with Crippen LogP contribution in [0, 0.1) is 0 Å². The first-order chi connectivity index (χ1) is 31.0. The molecule has 0 rings (SSSR count). The van der Waals surface area contributed by atoms with Gasteiger partial charge in [0.1, 0.15) is 13.2 Å². The van der Waals surface area contributed by atoms with E-state index in [0.29, 0.717) is 12.8 Å². The zero-order valence-electron chi connectivity index (χ0n) is 40.5.